The minimum absolute atomic E-state index is 0.0441. The summed E-state index contributed by atoms with van der Waals surface area (Å²) in [7, 11) is 1.94. The first-order valence-electron chi connectivity index (χ1n) is 9.00. The van der Waals surface area contributed by atoms with Gasteiger partial charge < -0.3 is 4.90 Å². The average molecular weight is 456 g/mol. The van der Waals surface area contributed by atoms with Gasteiger partial charge in [0.2, 0.25) is 0 Å². The molecule has 0 spiro atoms. The number of rotatable bonds is 2. The van der Waals surface area contributed by atoms with Crippen LogP contribution in [-0.2, 0) is 12.7 Å². The largest absolute Gasteiger partial charge is 0.435 e. The summed E-state index contributed by atoms with van der Waals surface area (Å²) in [6.07, 6.45) is -4.60. The Bertz CT molecular complexity index is 1100. The molecule has 0 bridgehead atoms. The highest BCUT2D eigenvalue weighted by molar-refractivity contribution is 6.42. The monoisotopic (exact) mass is 455 g/mol. The van der Waals surface area contributed by atoms with E-state index >= 15 is 0 Å². The lowest BCUT2D eigenvalue weighted by molar-refractivity contribution is -0.141. The van der Waals surface area contributed by atoms with Crippen molar-refractivity contribution in [1.82, 2.24) is 15.1 Å². The van der Waals surface area contributed by atoms with Gasteiger partial charge in [-0.2, -0.15) is 13.2 Å². The number of fused-ring (bicyclic) bond motifs is 1. The quantitative estimate of drug-likeness (QED) is 0.431. The Morgan fingerprint density at radius 1 is 1.00 bits per heavy atom. The summed E-state index contributed by atoms with van der Waals surface area (Å²) in [5, 5.41) is 7.64. The second-order valence-electron chi connectivity index (χ2n) is 7.26. The van der Waals surface area contributed by atoms with E-state index in [2.05, 4.69) is 15.1 Å². The average Bonchev–Trinajstić information content (AvgIpc) is 2.69. The number of hydrogen-bond donors (Lipinski definition) is 0. The summed E-state index contributed by atoms with van der Waals surface area (Å²) in [5.41, 5.74) is 1.59. The van der Waals surface area contributed by atoms with Crippen molar-refractivity contribution in [1.29, 1.82) is 0 Å². The first-order chi connectivity index (χ1) is 14.1. The predicted molar refractivity (Wildman–Crippen MR) is 107 cm³/mol. The van der Waals surface area contributed by atoms with E-state index in [1.54, 1.807) is 18.2 Å². The third kappa shape index (κ3) is 4.02. The summed E-state index contributed by atoms with van der Waals surface area (Å²) in [6.45, 7) is 1.22. The van der Waals surface area contributed by atoms with E-state index in [1.807, 2.05) is 13.1 Å². The zero-order valence-electron chi connectivity index (χ0n) is 15.6. The fraction of sp³-hybridized carbons (Fsp3) is 0.238. The Kier molecular flexibility index (Phi) is 5.46. The first kappa shape index (κ1) is 21.0. The van der Waals surface area contributed by atoms with Gasteiger partial charge in [0.15, 0.2) is 5.69 Å². The Balaban J connectivity index is 1.76. The normalized spacial score (nSPS) is 17.1. The van der Waals surface area contributed by atoms with Crippen molar-refractivity contribution in [2.24, 2.45) is 0 Å². The molecule has 0 radical (unpaired) electrons. The minimum Gasteiger partial charge on any atom is -0.301 e. The van der Waals surface area contributed by atoms with Gasteiger partial charge in [0.1, 0.15) is 5.82 Å². The number of nitrogens with zero attached hydrogens (tertiary/aromatic N) is 3. The first-order valence-corrected chi connectivity index (χ1v) is 9.76. The Labute approximate surface area is 180 Å². The Morgan fingerprint density at radius 2 is 1.77 bits per heavy atom. The van der Waals surface area contributed by atoms with Gasteiger partial charge in [-0.05, 0) is 60.1 Å². The minimum atomic E-state index is -4.60. The molecule has 0 amide bonds. The van der Waals surface area contributed by atoms with Crippen molar-refractivity contribution in [2.45, 2.75) is 18.6 Å². The molecule has 2 heterocycles. The SMILES string of the molecule is CN1Cc2cc(-c3ccc(C(F)(F)F)nn3)c(F)cc2C(c2ccc(Cl)c(Cl)c2)C1. The van der Waals surface area contributed by atoms with Crippen molar-refractivity contribution >= 4 is 23.2 Å². The van der Waals surface area contributed by atoms with E-state index < -0.39 is 17.7 Å². The molecule has 1 unspecified atom stereocenters. The van der Waals surface area contributed by atoms with Gasteiger partial charge in [-0.15, -0.1) is 10.2 Å². The lowest BCUT2D eigenvalue weighted by Gasteiger charge is -2.33. The predicted octanol–water partition coefficient (Wildman–Crippen LogP) is 6.19. The second kappa shape index (κ2) is 7.80. The zero-order valence-corrected chi connectivity index (χ0v) is 17.2. The van der Waals surface area contributed by atoms with Gasteiger partial charge in [0, 0.05) is 24.6 Å². The van der Waals surface area contributed by atoms with Crippen LogP contribution in [0.25, 0.3) is 11.3 Å². The van der Waals surface area contributed by atoms with E-state index in [9.17, 15) is 17.6 Å². The highest BCUT2D eigenvalue weighted by atomic mass is 35.5. The summed E-state index contributed by atoms with van der Waals surface area (Å²) in [5.74, 6) is -0.701. The van der Waals surface area contributed by atoms with Crippen LogP contribution in [0.5, 0.6) is 0 Å². The van der Waals surface area contributed by atoms with Gasteiger partial charge >= 0.3 is 6.18 Å². The zero-order chi connectivity index (χ0) is 21.6. The van der Waals surface area contributed by atoms with Crippen LogP contribution in [-0.4, -0.2) is 28.7 Å². The lowest BCUT2D eigenvalue weighted by atomic mass is 9.83. The van der Waals surface area contributed by atoms with Crippen LogP contribution in [0.3, 0.4) is 0 Å². The number of hydrogen-bond acceptors (Lipinski definition) is 3. The molecule has 3 nitrogen and oxygen atoms in total. The van der Waals surface area contributed by atoms with Gasteiger partial charge in [0.25, 0.3) is 0 Å². The number of halogens is 6. The molecular formula is C21H15Cl2F4N3. The van der Waals surface area contributed by atoms with Crippen LogP contribution in [0.1, 0.15) is 28.3 Å². The summed E-state index contributed by atoms with van der Waals surface area (Å²) in [6, 6.07) is 10.3. The molecule has 1 aliphatic heterocycles. The van der Waals surface area contributed by atoms with E-state index in [1.165, 1.54) is 6.07 Å². The maximum atomic E-state index is 15.0. The van der Waals surface area contributed by atoms with E-state index in [4.69, 9.17) is 23.2 Å². The van der Waals surface area contributed by atoms with Crippen LogP contribution in [0, 0.1) is 5.82 Å². The van der Waals surface area contributed by atoms with Crippen molar-refractivity contribution < 1.29 is 17.6 Å². The van der Waals surface area contributed by atoms with Crippen LogP contribution in [0.15, 0.2) is 42.5 Å². The molecule has 0 aliphatic carbocycles. The molecule has 4 rings (SSSR count). The highest BCUT2D eigenvalue weighted by Gasteiger charge is 2.33. The second-order valence-corrected chi connectivity index (χ2v) is 8.07. The standard InChI is InChI=1S/C21H15Cl2F4N3/c1-30-9-12-6-14(19-4-5-20(29-28-19)21(25,26)27)18(24)8-13(12)15(10-30)11-2-3-16(22)17(23)7-11/h2-8,15H,9-10H2,1H3. The van der Waals surface area contributed by atoms with E-state index in [0.717, 1.165) is 28.8 Å². The van der Waals surface area contributed by atoms with E-state index in [0.29, 0.717) is 23.1 Å². The molecule has 3 aromatic rings. The van der Waals surface area contributed by atoms with Gasteiger partial charge in [-0.1, -0.05) is 29.3 Å². The van der Waals surface area contributed by atoms with Gasteiger partial charge in [-0.3, -0.25) is 0 Å². The summed E-state index contributed by atoms with van der Waals surface area (Å²) in [4.78, 5) is 2.08. The maximum absolute atomic E-state index is 15.0. The molecule has 1 aliphatic rings. The van der Waals surface area contributed by atoms with Crippen molar-refractivity contribution in [3.8, 4) is 11.3 Å². The van der Waals surface area contributed by atoms with E-state index in [-0.39, 0.29) is 17.2 Å². The fourth-order valence-corrected chi connectivity index (χ4v) is 4.00. The van der Waals surface area contributed by atoms with Crippen molar-refractivity contribution in [3.63, 3.8) is 0 Å². The fourth-order valence-electron chi connectivity index (χ4n) is 3.70. The maximum Gasteiger partial charge on any atom is 0.435 e. The van der Waals surface area contributed by atoms with Crippen LogP contribution < -0.4 is 0 Å². The molecular weight excluding hydrogens is 441 g/mol. The molecule has 0 fully saturated rings. The van der Waals surface area contributed by atoms with Gasteiger partial charge in [0.05, 0.1) is 15.7 Å². The molecule has 1 aromatic heterocycles. The van der Waals surface area contributed by atoms with Crippen LogP contribution in [0.2, 0.25) is 10.0 Å². The number of benzene rings is 2. The molecule has 30 heavy (non-hydrogen) atoms. The number of aromatic nitrogens is 2. The molecule has 0 N–H and O–H groups in total. The molecule has 2 aromatic carbocycles. The van der Waals surface area contributed by atoms with Crippen molar-refractivity contribution in [2.75, 3.05) is 13.6 Å². The summed E-state index contributed by atoms with van der Waals surface area (Å²) >= 11 is 12.2. The van der Waals surface area contributed by atoms with Gasteiger partial charge in [-0.25, -0.2) is 4.39 Å². The highest BCUT2D eigenvalue weighted by Crippen LogP contribution is 2.38. The Hall–Kier alpha value is -2.22. The summed E-state index contributed by atoms with van der Waals surface area (Å²) < 4.78 is 53.2. The topological polar surface area (TPSA) is 29.0 Å². The van der Waals surface area contributed by atoms with Crippen LogP contribution in [0.4, 0.5) is 17.6 Å². The Morgan fingerprint density at radius 3 is 2.40 bits per heavy atom. The smallest absolute Gasteiger partial charge is 0.301 e. The number of alkyl halides is 3. The molecule has 0 saturated carbocycles. The third-order valence-corrected chi connectivity index (χ3v) is 5.85. The van der Waals surface area contributed by atoms with Crippen LogP contribution >= 0.6 is 23.2 Å². The number of likely N-dealkylation sites (N-methyl/N-ethyl adjacent to an activating group) is 1. The lowest BCUT2D eigenvalue weighted by Crippen LogP contribution is -2.31. The molecule has 0 saturated heterocycles. The van der Waals surface area contributed by atoms with Crippen molar-refractivity contribution in [3.05, 3.63) is 80.7 Å². The molecule has 156 valence electrons. The molecule has 9 heteroatoms. The molecule has 1 atom stereocenters. The third-order valence-electron chi connectivity index (χ3n) is 5.12.